The Bertz CT molecular complexity index is 1010. The molecule has 0 atom stereocenters. The van der Waals surface area contributed by atoms with Crippen molar-refractivity contribution < 1.29 is 9.53 Å². The molecule has 0 saturated carbocycles. The number of thiocarbonyl (C=S) groups is 1. The fourth-order valence-corrected chi connectivity index (χ4v) is 2.55. The van der Waals surface area contributed by atoms with Crippen LogP contribution in [0, 0.1) is 11.3 Å². The second kappa shape index (κ2) is 9.26. The van der Waals surface area contributed by atoms with E-state index < -0.39 is 5.91 Å². The Balaban J connectivity index is 1.56. The Labute approximate surface area is 167 Å². The van der Waals surface area contributed by atoms with E-state index in [-0.39, 0.29) is 10.8 Å². The SMILES string of the molecule is N#Cc1ccc(C(=O)NC(=S)Nc2cccc(OCc3ccccc3)c2)cn1. The predicted octanol–water partition coefficient (Wildman–Crippen LogP) is 3.66. The third kappa shape index (κ3) is 5.37. The Kier molecular flexibility index (Phi) is 6.29. The zero-order valence-corrected chi connectivity index (χ0v) is 15.6. The van der Waals surface area contributed by atoms with Crippen LogP contribution in [0.3, 0.4) is 0 Å². The van der Waals surface area contributed by atoms with Gasteiger partial charge in [0.05, 0.1) is 5.56 Å². The van der Waals surface area contributed by atoms with E-state index in [4.69, 9.17) is 22.2 Å². The van der Waals surface area contributed by atoms with Crippen molar-refractivity contribution >= 4 is 28.9 Å². The normalized spacial score (nSPS) is 9.82. The Morgan fingerprint density at radius 3 is 2.64 bits per heavy atom. The number of carbonyl (C=O) groups is 1. The molecule has 2 aromatic carbocycles. The summed E-state index contributed by atoms with van der Waals surface area (Å²) in [5.74, 6) is 0.269. The zero-order valence-electron chi connectivity index (χ0n) is 14.8. The summed E-state index contributed by atoms with van der Waals surface area (Å²) in [6, 6.07) is 22.0. The van der Waals surface area contributed by atoms with Crippen molar-refractivity contribution in [3.05, 3.63) is 89.7 Å². The maximum Gasteiger partial charge on any atom is 0.258 e. The van der Waals surface area contributed by atoms with Gasteiger partial charge in [-0.3, -0.25) is 10.1 Å². The number of hydrogen-bond donors (Lipinski definition) is 2. The smallest absolute Gasteiger partial charge is 0.258 e. The number of carbonyl (C=O) groups excluding carboxylic acids is 1. The molecular formula is C21H16N4O2S. The molecule has 7 heteroatoms. The van der Waals surface area contributed by atoms with Crippen LogP contribution in [0.4, 0.5) is 5.69 Å². The second-order valence-electron chi connectivity index (χ2n) is 5.75. The molecule has 3 rings (SSSR count). The molecule has 0 unspecified atom stereocenters. The van der Waals surface area contributed by atoms with Gasteiger partial charge in [-0.2, -0.15) is 5.26 Å². The molecule has 0 spiro atoms. The van der Waals surface area contributed by atoms with E-state index >= 15 is 0 Å². The number of pyridine rings is 1. The molecule has 0 bridgehead atoms. The number of hydrogen-bond acceptors (Lipinski definition) is 5. The molecule has 6 nitrogen and oxygen atoms in total. The van der Waals surface area contributed by atoms with Crippen molar-refractivity contribution in [1.82, 2.24) is 10.3 Å². The summed E-state index contributed by atoms with van der Waals surface area (Å²) in [6.07, 6.45) is 1.33. The summed E-state index contributed by atoms with van der Waals surface area (Å²) in [5, 5.41) is 14.4. The van der Waals surface area contributed by atoms with Crippen LogP contribution in [-0.4, -0.2) is 16.0 Å². The van der Waals surface area contributed by atoms with E-state index in [0.29, 0.717) is 23.6 Å². The average Bonchev–Trinajstić information content (AvgIpc) is 2.73. The highest BCUT2D eigenvalue weighted by Gasteiger charge is 2.09. The number of anilines is 1. The molecule has 1 heterocycles. The summed E-state index contributed by atoms with van der Waals surface area (Å²) in [7, 11) is 0. The fraction of sp³-hybridized carbons (Fsp3) is 0.0476. The van der Waals surface area contributed by atoms with Crippen molar-refractivity contribution in [1.29, 1.82) is 5.26 Å². The molecule has 1 aromatic heterocycles. The van der Waals surface area contributed by atoms with Crippen LogP contribution in [0.25, 0.3) is 0 Å². The van der Waals surface area contributed by atoms with E-state index in [1.807, 2.05) is 54.6 Å². The number of rotatable bonds is 5. The molecule has 28 heavy (non-hydrogen) atoms. The third-order valence-corrected chi connectivity index (χ3v) is 3.91. The van der Waals surface area contributed by atoms with Gasteiger partial charge in [0, 0.05) is 18.0 Å². The van der Waals surface area contributed by atoms with Crippen LogP contribution in [0.2, 0.25) is 0 Å². The van der Waals surface area contributed by atoms with Gasteiger partial charge in [0.1, 0.15) is 24.1 Å². The van der Waals surface area contributed by atoms with Crippen LogP contribution < -0.4 is 15.4 Å². The molecular weight excluding hydrogens is 372 g/mol. The summed E-state index contributed by atoms with van der Waals surface area (Å²) in [4.78, 5) is 16.0. The quantitative estimate of drug-likeness (QED) is 0.649. The first-order chi connectivity index (χ1) is 13.6. The minimum Gasteiger partial charge on any atom is -0.489 e. The third-order valence-electron chi connectivity index (χ3n) is 3.71. The molecule has 0 aliphatic heterocycles. The van der Waals surface area contributed by atoms with Gasteiger partial charge in [-0.05, 0) is 42.0 Å². The van der Waals surface area contributed by atoms with Gasteiger partial charge in [-0.25, -0.2) is 4.98 Å². The number of ether oxygens (including phenoxy) is 1. The van der Waals surface area contributed by atoms with Crippen LogP contribution in [0.5, 0.6) is 5.75 Å². The van der Waals surface area contributed by atoms with Gasteiger partial charge in [0.15, 0.2) is 5.11 Å². The molecule has 1 amide bonds. The van der Waals surface area contributed by atoms with Crippen molar-refractivity contribution in [2.45, 2.75) is 6.61 Å². The fourth-order valence-electron chi connectivity index (χ4n) is 2.34. The summed E-state index contributed by atoms with van der Waals surface area (Å²) in [5.41, 5.74) is 2.31. The van der Waals surface area contributed by atoms with Gasteiger partial charge in [-0.1, -0.05) is 36.4 Å². The first kappa shape index (κ1) is 19.0. The Hall–Kier alpha value is -3.76. The minimum absolute atomic E-state index is 0.148. The summed E-state index contributed by atoms with van der Waals surface area (Å²) < 4.78 is 5.78. The van der Waals surface area contributed by atoms with Gasteiger partial charge in [-0.15, -0.1) is 0 Å². The molecule has 2 N–H and O–H groups in total. The van der Waals surface area contributed by atoms with Gasteiger partial charge in [0.25, 0.3) is 5.91 Å². The average molecular weight is 388 g/mol. The highest BCUT2D eigenvalue weighted by molar-refractivity contribution is 7.80. The van der Waals surface area contributed by atoms with Gasteiger partial charge >= 0.3 is 0 Å². The first-order valence-electron chi connectivity index (χ1n) is 8.39. The van der Waals surface area contributed by atoms with Crippen LogP contribution >= 0.6 is 12.2 Å². The lowest BCUT2D eigenvalue weighted by Crippen LogP contribution is -2.34. The lowest BCUT2D eigenvalue weighted by Gasteiger charge is -2.11. The molecule has 3 aromatic rings. The molecule has 0 aliphatic rings. The molecule has 0 fully saturated rings. The molecule has 138 valence electrons. The number of nitriles is 1. The second-order valence-corrected chi connectivity index (χ2v) is 6.16. The van der Waals surface area contributed by atoms with Gasteiger partial charge < -0.3 is 10.1 Å². The number of aromatic nitrogens is 1. The lowest BCUT2D eigenvalue weighted by atomic mass is 10.2. The molecule has 0 aliphatic carbocycles. The van der Waals surface area contributed by atoms with E-state index in [9.17, 15) is 4.79 Å². The summed E-state index contributed by atoms with van der Waals surface area (Å²) in [6.45, 7) is 0.456. The van der Waals surface area contributed by atoms with E-state index in [0.717, 1.165) is 5.56 Å². The highest BCUT2D eigenvalue weighted by Crippen LogP contribution is 2.18. The Morgan fingerprint density at radius 1 is 1.11 bits per heavy atom. The topological polar surface area (TPSA) is 87.0 Å². The van der Waals surface area contributed by atoms with Crippen LogP contribution in [0.15, 0.2) is 72.9 Å². The summed E-state index contributed by atoms with van der Waals surface area (Å²) >= 11 is 5.19. The maximum absolute atomic E-state index is 12.2. The largest absolute Gasteiger partial charge is 0.489 e. The minimum atomic E-state index is -0.411. The van der Waals surface area contributed by atoms with E-state index in [2.05, 4.69) is 15.6 Å². The lowest BCUT2D eigenvalue weighted by molar-refractivity contribution is 0.0977. The van der Waals surface area contributed by atoms with E-state index in [1.165, 1.54) is 18.3 Å². The van der Waals surface area contributed by atoms with Crippen molar-refractivity contribution in [3.8, 4) is 11.8 Å². The molecule has 0 radical (unpaired) electrons. The number of nitrogens with zero attached hydrogens (tertiary/aromatic N) is 2. The standard InChI is InChI=1S/C21H16N4O2S/c22-12-18-10-9-16(13-23-18)20(26)25-21(28)24-17-7-4-8-19(11-17)27-14-15-5-2-1-3-6-15/h1-11,13H,14H2,(H2,24,25,26,28). The van der Waals surface area contributed by atoms with Gasteiger partial charge in [0.2, 0.25) is 0 Å². The van der Waals surface area contributed by atoms with Crippen molar-refractivity contribution in [2.75, 3.05) is 5.32 Å². The molecule has 0 saturated heterocycles. The number of amides is 1. The Morgan fingerprint density at radius 2 is 1.93 bits per heavy atom. The maximum atomic E-state index is 12.2. The number of benzene rings is 2. The van der Waals surface area contributed by atoms with Crippen molar-refractivity contribution in [2.24, 2.45) is 0 Å². The first-order valence-corrected chi connectivity index (χ1v) is 8.80. The predicted molar refractivity (Wildman–Crippen MR) is 110 cm³/mol. The number of nitrogens with one attached hydrogen (secondary N) is 2. The van der Waals surface area contributed by atoms with Crippen molar-refractivity contribution in [3.63, 3.8) is 0 Å². The zero-order chi connectivity index (χ0) is 19.8. The highest BCUT2D eigenvalue weighted by atomic mass is 32.1. The van der Waals surface area contributed by atoms with Crippen LogP contribution in [-0.2, 0) is 6.61 Å². The van der Waals surface area contributed by atoms with Crippen LogP contribution in [0.1, 0.15) is 21.6 Å². The monoisotopic (exact) mass is 388 g/mol. The van der Waals surface area contributed by atoms with E-state index in [1.54, 1.807) is 6.07 Å².